The van der Waals surface area contributed by atoms with Crippen LogP contribution >= 0.6 is 30.2 Å². The lowest BCUT2D eigenvalue weighted by Gasteiger charge is -2.32. The summed E-state index contributed by atoms with van der Waals surface area (Å²) >= 11 is 5.31. The minimum absolute atomic E-state index is 0.0147. The van der Waals surface area contributed by atoms with E-state index >= 15 is 0 Å². The lowest BCUT2D eigenvalue weighted by Crippen LogP contribution is -2.46. The van der Waals surface area contributed by atoms with Crippen molar-refractivity contribution in [1.29, 1.82) is 0 Å². The second-order valence-corrected chi connectivity index (χ2v) is 24.4. The number of ether oxygens (including phenoxy) is 4. The number of fused-ring (bicyclic) bond motifs is 5. The number of nitrogen functional groups attached to an aromatic ring is 3. The molecule has 6 aromatic heterocycles. The predicted octanol–water partition coefficient (Wildman–Crippen LogP) is -4.84. The number of nitrogens with one attached hydrogen (secondary N) is 2. The maximum absolute atomic E-state index is 13.3. The van der Waals surface area contributed by atoms with Gasteiger partial charge >= 0.3 is 35.8 Å². The summed E-state index contributed by atoms with van der Waals surface area (Å²) in [5.74, 6) is -0.634. The third-order valence-electron chi connectivity index (χ3n) is 12.0. The van der Waals surface area contributed by atoms with Crippen molar-refractivity contribution in [3.8, 4) is 0 Å². The number of aromatic nitrogens is 12. The van der Waals surface area contributed by atoms with E-state index in [1.165, 1.54) is 28.8 Å². The number of aryl methyl sites for hydroxylation is 1. The number of hydrogen-bond donors (Lipinski definition) is 13. The van der Waals surface area contributed by atoms with Gasteiger partial charge in [0.15, 0.2) is 41.4 Å². The molecule has 38 nitrogen and oxygen atoms in total. The van der Waals surface area contributed by atoms with E-state index in [-0.39, 0.29) is 51.2 Å². The fourth-order valence-corrected chi connectivity index (χ4v) is 13.8. The summed E-state index contributed by atoms with van der Waals surface area (Å²) in [6, 6.07) is 0. The highest BCUT2D eigenvalue weighted by atomic mass is 32.5. The third-order valence-corrected chi connectivity index (χ3v) is 17.8. The molecule has 75 heavy (non-hydrogen) atoms. The summed E-state index contributed by atoms with van der Waals surface area (Å²) in [5.41, 5.74) is 13.6. The Morgan fingerprint density at radius 2 is 1.41 bits per heavy atom. The molecule has 4 saturated heterocycles. The molecule has 0 amide bonds. The number of imidazole rings is 3. The Kier molecular flexibility index (Phi) is 13.8. The van der Waals surface area contributed by atoms with Crippen LogP contribution in [0.5, 0.6) is 0 Å². The highest BCUT2D eigenvalue weighted by Crippen LogP contribution is 2.68. The van der Waals surface area contributed by atoms with E-state index in [0.29, 0.717) is 0 Å². The number of rotatable bonds is 18. The van der Waals surface area contributed by atoms with E-state index in [1.807, 2.05) is 0 Å². The van der Waals surface area contributed by atoms with Gasteiger partial charge in [-0.15, -0.1) is 0 Å². The fourth-order valence-electron chi connectivity index (χ4n) is 8.73. The molecular weight excluding hydrogens is 1120 g/mol. The van der Waals surface area contributed by atoms with Gasteiger partial charge in [-0.2, -0.15) is 13.6 Å². The number of phosphoric ester groups is 2. The minimum atomic E-state index is -6.18. The van der Waals surface area contributed by atoms with Crippen molar-refractivity contribution in [2.24, 2.45) is 7.05 Å². The molecule has 16 atom stereocenters. The largest absolute Gasteiger partial charge is 0.490 e. The zero-order chi connectivity index (χ0) is 53.9. The molecule has 6 aromatic rings. The molecule has 0 saturated carbocycles. The number of H-pyrrole nitrogens is 2. The number of aromatic amines is 2. The van der Waals surface area contributed by atoms with Gasteiger partial charge in [0.05, 0.1) is 46.1 Å². The van der Waals surface area contributed by atoms with Crippen molar-refractivity contribution >= 4 is 93.2 Å². The van der Waals surface area contributed by atoms with Gasteiger partial charge < -0.3 is 80.7 Å². The minimum Gasteiger partial charge on any atom is -0.387 e. The normalized spacial score (nSPS) is 32.0. The number of aliphatic hydroxyl groups excluding tert-OH is 4. The SMILES string of the molecule is Cn1c[n+]([C@@H]2O[C@H](COP(=O)(O)OP(=O)(O)OP(=O)(O)OC[C@@]34COC([C@H](n5cnc6c(N)ncnc65)O3)[C@H]4OP(O)(=S)OC[C@H]3O[C@@H](n4cnc5c(=O)[nH]c(N)nc54)[C@@H](O)C3O)C(O)[C@@H]2O)c2nc(N)[nH]c(=O)c21. The quantitative estimate of drug-likeness (QED) is 0.0284. The van der Waals surface area contributed by atoms with Crippen LogP contribution in [0.2, 0.25) is 0 Å². The van der Waals surface area contributed by atoms with Gasteiger partial charge in [-0.05, 0) is 11.8 Å². The number of nitrogens with zero attached hydrogens (tertiary/aromatic N) is 10. The van der Waals surface area contributed by atoms with Crippen molar-refractivity contribution < 1.29 is 104 Å². The zero-order valence-electron chi connectivity index (χ0n) is 37.6. The molecule has 10 heterocycles. The van der Waals surface area contributed by atoms with Gasteiger partial charge in [-0.1, -0.05) is 4.98 Å². The molecule has 4 aliphatic heterocycles. The molecule has 0 radical (unpaired) electrons. The Hall–Kier alpha value is -4.73. The van der Waals surface area contributed by atoms with Crippen LogP contribution < -0.4 is 32.9 Å². The molecule has 4 aliphatic rings. The van der Waals surface area contributed by atoms with Crippen LogP contribution in [0.25, 0.3) is 33.5 Å². The molecule has 2 bridgehead atoms. The van der Waals surface area contributed by atoms with Gasteiger partial charge in [0.25, 0.3) is 17.1 Å². The first-order valence-electron chi connectivity index (χ1n) is 21.3. The number of phosphoric acid groups is 3. The van der Waals surface area contributed by atoms with E-state index in [0.717, 1.165) is 21.8 Å². The zero-order valence-corrected chi connectivity index (χ0v) is 42.0. The van der Waals surface area contributed by atoms with Crippen molar-refractivity contribution in [3.63, 3.8) is 0 Å². The van der Waals surface area contributed by atoms with E-state index in [1.54, 1.807) is 0 Å². The Balaban J connectivity index is 0.809. The van der Waals surface area contributed by atoms with Crippen LogP contribution in [0.1, 0.15) is 18.7 Å². The highest BCUT2D eigenvalue weighted by Gasteiger charge is 2.65. The molecular formula is C32H42N15O23P4S+. The second kappa shape index (κ2) is 19.3. The molecule has 43 heteroatoms. The van der Waals surface area contributed by atoms with Crippen molar-refractivity contribution in [2.75, 3.05) is 43.6 Å². The Morgan fingerprint density at radius 1 is 0.787 bits per heavy atom. The average molecular weight is 1160 g/mol. The van der Waals surface area contributed by atoms with Gasteiger partial charge in [0, 0.05) is 0 Å². The van der Waals surface area contributed by atoms with Gasteiger partial charge in [-0.25, -0.2) is 38.2 Å². The molecule has 0 aliphatic carbocycles. The van der Waals surface area contributed by atoms with Crippen LogP contribution in [0.3, 0.4) is 0 Å². The number of hydrogen-bond acceptors (Lipinski definition) is 29. The summed E-state index contributed by atoms with van der Waals surface area (Å²) in [5, 5.41) is 43.4. The lowest BCUT2D eigenvalue weighted by atomic mass is 10.0. The number of anilines is 3. The molecule has 0 spiro atoms. The molecule has 4 fully saturated rings. The van der Waals surface area contributed by atoms with Crippen LogP contribution in [-0.4, -0.2) is 174 Å². The van der Waals surface area contributed by atoms with Gasteiger partial charge in [0.1, 0.15) is 66.3 Å². The predicted molar refractivity (Wildman–Crippen MR) is 244 cm³/mol. The second-order valence-electron chi connectivity index (χ2n) is 17.0. The summed E-state index contributed by atoms with van der Waals surface area (Å²) in [7, 11) is -16.5. The van der Waals surface area contributed by atoms with E-state index in [2.05, 4.69) is 48.5 Å². The summed E-state index contributed by atoms with van der Waals surface area (Å²) in [4.78, 5) is 96.6. The van der Waals surface area contributed by atoms with Gasteiger partial charge in [0.2, 0.25) is 17.7 Å². The Labute approximate surface area is 419 Å². The summed E-state index contributed by atoms with van der Waals surface area (Å²) in [6.07, 6.45) is -12.8. The third kappa shape index (κ3) is 10.1. The Morgan fingerprint density at radius 3 is 2.15 bits per heavy atom. The molecule has 7 unspecified atom stereocenters. The molecule has 408 valence electrons. The smallest absolute Gasteiger partial charge is 0.387 e. The maximum atomic E-state index is 13.3. The maximum Gasteiger partial charge on any atom is 0.490 e. The fraction of sp³-hybridized carbons (Fsp3) is 0.531. The first kappa shape index (κ1) is 53.7. The van der Waals surface area contributed by atoms with Crippen LogP contribution in [0, 0.1) is 0 Å². The monoisotopic (exact) mass is 1160 g/mol. The molecule has 0 aromatic carbocycles. The van der Waals surface area contributed by atoms with Crippen molar-refractivity contribution in [2.45, 2.75) is 73.1 Å². The number of nitrogens with two attached hydrogens (primary N) is 3. The average Bonchev–Trinajstić information content (AvgIpc) is 4.23. The molecule has 10 rings (SSSR count). The highest BCUT2D eigenvalue weighted by molar-refractivity contribution is 8.07. The van der Waals surface area contributed by atoms with Crippen LogP contribution in [0.4, 0.5) is 17.7 Å². The topological polar surface area (TPSA) is 545 Å². The summed E-state index contributed by atoms with van der Waals surface area (Å²) < 4.78 is 97.5. The van der Waals surface area contributed by atoms with Crippen LogP contribution in [0.15, 0.2) is 34.9 Å². The van der Waals surface area contributed by atoms with Gasteiger partial charge in [-0.3, -0.25) is 46.8 Å². The van der Waals surface area contributed by atoms with E-state index in [4.69, 9.17) is 66.1 Å². The molecule has 16 N–H and O–H groups in total. The Bertz CT molecular complexity index is 3550. The van der Waals surface area contributed by atoms with Crippen LogP contribution in [-0.2, 0) is 78.2 Å². The standard InChI is InChI=1S/C32H41N15O23P4S/c1-44-9-47(24-14(44)26(53)43-31(35)41-24)28-18(51)15(48)10(66-28)2-62-71(54,55)69-73(58,59)70-72(56,57)64-5-32-4-61-19(29(67-32)45-7-38-12-21(33)36-6-37-22(12)45)20(32)68-74(60,75)63-3-11-16(49)17(50)27(65-11)46-8-39-13-23(46)40-30(34)42-25(13)52/h6-11,15-20,27-29,48-51H,2-5H2,1H3,(H11-,33,34,35,36,37,40,41,42,43,52,53,54,55,56,57,58,59,60,75)/p+1/t10-,11-,15?,16?,17+,18+,19?,20-,27-,28-,29-,32-,74?/m1/s1. The number of aliphatic hydroxyl groups is 4. The first-order chi connectivity index (χ1) is 35.2. The lowest BCUT2D eigenvalue weighted by molar-refractivity contribution is -0.745. The summed E-state index contributed by atoms with van der Waals surface area (Å²) in [6.45, 7) is -8.27. The van der Waals surface area contributed by atoms with Crippen molar-refractivity contribution in [3.05, 3.63) is 46.0 Å². The van der Waals surface area contributed by atoms with E-state index in [9.17, 15) is 63.3 Å². The first-order valence-corrected chi connectivity index (χ1v) is 28.3. The van der Waals surface area contributed by atoms with Crippen molar-refractivity contribution in [1.82, 2.24) is 53.6 Å². The van der Waals surface area contributed by atoms with E-state index < -0.39 is 141 Å².